The Bertz CT molecular complexity index is 3180. The monoisotopic (exact) mass is 717 g/mol. The van der Waals surface area contributed by atoms with Crippen LogP contribution in [0.3, 0.4) is 0 Å². The van der Waals surface area contributed by atoms with E-state index in [1.165, 1.54) is 21.8 Å². The number of fused-ring (bicyclic) bond motifs is 6. The Morgan fingerprint density at radius 1 is 0.321 bits per heavy atom. The van der Waals surface area contributed by atoms with E-state index in [0.717, 1.165) is 49.7 Å². The summed E-state index contributed by atoms with van der Waals surface area (Å²) in [4.78, 5) is 24.7. The normalized spacial score (nSPS) is 11.6. The summed E-state index contributed by atoms with van der Waals surface area (Å²) in [5.74, 6) is 2.19. The Balaban J connectivity index is 1.05. The predicted molar refractivity (Wildman–Crippen MR) is 226 cm³/mol. The van der Waals surface area contributed by atoms with Crippen molar-refractivity contribution in [3.63, 3.8) is 0 Å². The molecule has 7 heteroatoms. The van der Waals surface area contributed by atoms with Gasteiger partial charge in [0.15, 0.2) is 17.5 Å². The third kappa shape index (κ3) is 5.25. The molecule has 7 aromatic carbocycles. The lowest BCUT2D eigenvalue weighted by Gasteiger charge is -2.10. The topological polar surface area (TPSA) is 74.3 Å². The van der Waals surface area contributed by atoms with E-state index in [0.29, 0.717) is 29.1 Å². The van der Waals surface area contributed by atoms with E-state index < -0.39 is 0 Å². The molecule has 56 heavy (non-hydrogen) atoms. The first-order valence-corrected chi connectivity index (χ1v) is 18.6. The summed E-state index contributed by atoms with van der Waals surface area (Å²) >= 11 is 0. The number of rotatable bonds is 6. The minimum Gasteiger partial charge on any atom is -0.309 e. The van der Waals surface area contributed by atoms with Crippen molar-refractivity contribution in [1.82, 2.24) is 34.1 Å². The second kappa shape index (κ2) is 13.0. The molecule has 0 saturated carbocycles. The summed E-state index contributed by atoms with van der Waals surface area (Å²) in [5, 5.41) is 4.70. The van der Waals surface area contributed by atoms with Crippen molar-refractivity contribution >= 4 is 43.6 Å². The van der Waals surface area contributed by atoms with Gasteiger partial charge in [0.1, 0.15) is 5.69 Å². The molecule has 0 bridgehead atoms. The van der Waals surface area contributed by atoms with Crippen LogP contribution in [0.2, 0.25) is 0 Å². The third-order valence-corrected chi connectivity index (χ3v) is 10.5. The van der Waals surface area contributed by atoms with Crippen LogP contribution in [0.5, 0.6) is 0 Å². The maximum Gasteiger partial charge on any atom is 0.235 e. The molecule has 0 unspecified atom stereocenters. The Morgan fingerprint density at radius 2 is 0.786 bits per heavy atom. The molecule has 0 saturated heterocycles. The van der Waals surface area contributed by atoms with Gasteiger partial charge in [0, 0.05) is 44.6 Å². The number of hydrogen-bond donors (Lipinski definition) is 0. The molecule has 0 fully saturated rings. The Hall–Kier alpha value is -7.77. The maximum atomic E-state index is 5.12. The number of hydrogen-bond acceptors (Lipinski definition) is 5. The van der Waals surface area contributed by atoms with Crippen LogP contribution in [0.1, 0.15) is 0 Å². The van der Waals surface area contributed by atoms with Crippen LogP contribution < -0.4 is 0 Å². The lowest BCUT2D eigenvalue weighted by Crippen LogP contribution is -2.05. The first-order chi connectivity index (χ1) is 27.8. The summed E-state index contributed by atoms with van der Waals surface area (Å²) in [6.07, 6.45) is 1.78. The molecule has 4 aromatic heterocycles. The standard InChI is InChI=1S/C49H31N7/c1-4-14-32(15-5-1)46-52-47(33-16-6-2-7-17-33)54-48(53-46)41-28-29-50-49(51-41)56-43-23-13-11-21-38(43)40-31-35(25-27-45(40)56)34-24-26-44-39(30-34)37-20-10-12-22-42(37)55(44)36-18-8-3-9-19-36/h1-31H. The molecular weight excluding hydrogens is 687 g/mol. The minimum absolute atomic E-state index is 0.480. The highest BCUT2D eigenvalue weighted by Crippen LogP contribution is 2.38. The van der Waals surface area contributed by atoms with Gasteiger partial charge in [-0.3, -0.25) is 4.57 Å². The highest BCUT2D eigenvalue weighted by molar-refractivity contribution is 6.12. The maximum absolute atomic E-state index is 5.12. The molecule has 0 N–H and O–H groups in total. The zero-order valence-electron chi connectivity index (χ0n) is 30.0. The van der Waals surface area contributed by atoms with Crippen molar-refractivity contribution in [3.8, 4) is 57.1 Å². The molecule has 4 heterocycles. The van der Waals surface area contributed by atoms with Crippen LogP contribution in [0, 0.1) is 0 Å². The van der Waals surface area contributed by atoms with Crippen LogP contribution in [-0.2, 0) is 0 Å². The molecule has 0 amide bonds. The van der Waals surface area contributed by atoms with Crippen LogP contribution in [0.15, 0.2) is 188 Å². The molecule has 0 aliphatic carbocycles. The van der Waals surface area contributed by atoms with E-state index in [1.807, 2.05) is 66.7 Å². The summed E-state index contributed by atoms with van der Waals surface area (Å²) < 4.78 is 4.48. The van der Waals surface area contributed by atoms with Crippen molar-refractivity contribution in [2.45, 2.75) is 0 Å². The van der Waals surface area contributed by atoms with Crippen molar-refractivity contribution in [2.24, 2.45) is 0 Å². The molecule has 11 aromatic rings. The van der Waals surface area contributed by atoms with E-state index in [4.69, 9.17) is 24.9 Å². The van der Waals surface area contributed by atoms with Gasteiger partial charge < -0.3 is 4.57 Å². The van der Waals surface area contributed by atoms with E-state index in [2.05, 4.69) is 124 Å². The highest BCUT2D eigenvalue weighted by Gasteiger charge is 2.19. The Morgan fingerprint density at radius 3 is 1.38 bits per heavy atom. The fourth-order valence-electron chi connectivity index (χ4n) is 7.88. The molecule has 0 atom stereocenters. The zero-order valence-corrected chi connectivity index (χ0v) is 30.0. The second-order valence-electron chi connectivity index (χ2n) is 13.8. The van der Waals surface area contributed by atoms with Crippen LogP contribution in [-0.4, -0.2) is 34.1 Å². The van der Waals surface area contributed by atoms with Crippen molar-refractivity contribution in [3.05, 3.63) is 188 Å². The van der Waals surface area contributed by atoms with Gasteiger partial charge in [-0.1, -0.05) is 127 Å². The first-order valence-electron chi connectivity index (χ1n) is 18.6. The number of nitrogens with zero attached hydrogens (tertiary/aromatic N) is 7. The minimum atomic E-state index is 0.480. The van der Waals surface area contributed by atoms with Gasteiger partial charge in [-0.2, -0.15) is 0 Å². The molecule has 0 aliphatic rings. The van der Waals surface area contributed by atoms with E-state index in [1.54, 1.807) is 6.20 Å². The average Bonchev–Trinajstić information content (AvgIpc) is 3.79. The molecule has 7 nitrogen and oxygen atoms in total. The summed E-state index contributed by atoms with van der Waals surface area (Å²) in [7, 11) is 0. The summed E-state index contributed by atoms with van der Waals surface area (Å²) in [6, 6.07) is 62.9. The van der Waals surface area contributed by atoms with Crippen LogP contribution >= 0.6 is 0 Å². The Kier molecular flexibility index (Phi) is 7.35. The molecular formula is C49H31N7. The molecule has 0 spiro atoms. The number of benzene rings is 7. The fraction of sp³-hybridized carbons (Fsp3) is 0. The first kappa shape index (κ1) is 31.7. The van der Waals surface area contributed by atoms with Gasteiger partial charge in [-0.25, -0.2) is 24.9 Å². The lowest BCUT2D eigenvalue weighted by molar-refractivity contribution is 0.975. The number of para-hydroxylation sites is 3. The second-order valence-corrected chi connectivity index (χ2v) is 13.8. The van der Waals surface area contributed by atoms with Crippen molar-refractivity contribution in [2.75, 3.05) is 0 Å². The van der Waals surface area contributed by atoms with Crippen LogP contribution in [0.4, 0.5) is 0 Å². The Labute approximate surface area is 321 Å². The van der Waals surface area contributed by atoms with Gasteiger partial charge in [0.05, 0.1) is 22.1 Å². The van der Waals surface area contributed by atoms with Crippen molar-refractivity contribution < 1.29 is 0 Å². The highest BCUT2D eigenvalue weighted by atomic mass is 15.2. The summed E-state index contributed by atoms with van der Waals surface area (Å²) in [5.41, 5.74) is 10.3. The third-order valence-electron chi connectivity index (χ3n) is 10.5. The van der Waals surface area contributed by atoms with Gasteiger partial charge in [-0.05, 0) is 65.7 Å². The van der Waals surface area contributed by atoms with E-state index >= 15 is 0 Å². The smallest absolute Gasteiger partial charge is 0.235 e. The van der Waals surface area contributed by atoms with E-state index in [-0.39, 0.29) is 0 Å². The SMILES string of the molecule is c1ccc(-c2nc(-c3ccccc3)nc(-c3ccnc(-n4c5ccccc5c5cc(-c6ccc7c(c6)c6ccccc6n7-c6ccccc6)ccc54)n3)n2)cc1. The van der Waals surface area contributed by atoms with Crippen LogP contribution in [0.25, 0.3) is 101 Å². The fourth-order valence-corrected chi connectivity index (χ4v) is 7.88. The molecule has 0 radical (unpaired) electrons. The quantitative estimate of drug-likeness (QED) is 0.171. The largest absolute Gasteiger partial charge is 0.309 e. The summed E-state index contributed by atoms with van der Waals surface area (Å²) in [6.45, 7) is 0. The van der Waals surface area contributed by atoms with Gasteiger partial charge in [0.25, 0.3) is 0 Å². The lowest BCUT2D eigenvalue weighted by atomic mass is 10.0. The average molecular weight is 718 g/mol. The molecule has 11 rings (SSSR count). The van der Waals surface area contributed by atoms with Gasteiger partial charge >= 0.3 is 0 Å². The number of aromatic nitrogens is 7. The zero-order chi connectivity index (χ0) is 37.0. The molecule has 262 valence electrons. The molecule has 0 aliphatic heterocycles. The predicted octanol–water partition coefficient (Wildman–Crippen LogP) is 11.5. The van der Waals surface area contributed by atoms with Gasteiger partial charge in [0.2, 0.25) is 5.95 Å². The van der Waals surface area contributed by atoms with E-state index in [9.17, 15) is 0 Å². The van der Waals surface area contributed by atoms with Crippen molar-refractivity contribution in [1.29, 1.82) is 0 Å². The van der Waals surface area contributed by atoms with Gasteiger partial charge in [-0.15, -0.1) is 0 Å².